The number of methoxy groups -OCH3 is 1. The first-order valence-electron chi connectivity index (χ1n) is 4.38. The van der Waals surface area contributed by atoms with Gasteiger partial charge in [0.25, 0.3) is 0 Å². The number of carbonyl (C=O) groups is 2. The van der Waals surface area contributed by atoms with E-state index in [4.69, 9.17) is 5.11 Å². The molecule has 0 aliphatic heterocycles. The van der Waals surface area contributed by atoms with Gasteiger partial charge in [-0.1, -0.05) is 6.92 Å². The molecule has 14 heavy (non-hydrogen) atoms. The summed E-state index contributed by atoms with van der Waals surface area (Å²) in [5.41, 5.74) is 0. The maximum Gasteiger partial charge on any atom is 0.328 e. The van der Waals surface area contributed by atoms with Gasteiger partial charge in [0.15, 0.2) is 6.04 Å². The van der Waals surface area contributed by atoms with Crippen molar-refractivity contribution < 1.29 is 19.4 Å². The van der Waals surface area contributed by atoms with Crippen LogP contribution in [0.15, 0.2) is 0 Å². The Morgan fingerprint density at radius 3 is 2.57 bits per heavy atom. The van der Waals surface area contributed by atoms with Gasteiger partial charge in [-0.05, 0) is 6.42 Å². The highest BCUT2D eigenvalue weighted by Gasteiger charge is 2.18. The van der Waals surface area contributed by atoms with Crippen LogP contribution in [0.4, 0.5) is 4.79 Å². The number of aliphatic carboxylic acids is 1. The molecule has 0 rings (SSSR count). The first-order chi connectivity index (χ1) is 6.61. The van der Waals surface area contributed by atoms with E-state index < -0.39 is 18.0 Å². The van der Waals surface area contributed by atoms with Crippen LogP contribution >= 0.6 is 0 Å². The van der Waals surface area contributed by atoms with E-state index in [1.807, 2.05) is 6.92 Å². The standard InChI is InChI=1S/C8H16N2O4/c1-3-4-9-8(13)10-6(5-14-2)7(11)12/h6H,3-5H2,1-2H3,(H,11,12)(H2,9,10,13). The molecule has 0 aliphatic rings. The van der Waals surface area contributed by atoms with Gasteiger partial charge in [-0.15, -0.1) is 0 Å². The molecule has 0 saturated carbocycles. The quantitative estimate of drug-likeness (QED) is 0.559. The Bertz CT molecular complexity index is 196. The van der Waals surface area contributed by atoms with Gasteiger partial charge in [-0.2, -0.15) is 0 Å². The van der Waals surface area contributed by atoms with Crippen LogP contribution in [0, 0.1) is 0 Å². The number of hydrogen-bond acceptors (Lipinski definition) is 3. The Morgan fingerprint density at radius 2 is 2.14 bits per heavy atom. The first-order valence-corrected chi connectivity index (χ1v) is 4.38. The summed E-state index contributed by atoms with van der Waals surface area (Å²) in [4.78, 5) is 21.6. The lowest BCUT2D eigenvalue weighted by Gasteiger charge is -2.13. The summed E-state index contributed by atoms with van der Waals surface area (Å²) < 4.78 is 4.65. The zero-order valence-corrected chi connectivity index (χ0v) is 8.37. The van der Waals surface area contributed by atoms with E-state index in [2.05, 4.69) is 15.4 Å². The predicted octanol–water partition coefficient (Wildman–Crippen LogP) is -0.205. The van der Waals surface area contributed by atoms with Crippen LogP contribution in [0.5, 0.6) is 0 Å². The van der Waals surface area contributed by atoms with Gasteiger partial charge in [0.05, 0.1) is 6.61 Å². The maximum absolute atomic E-state index is 11.1. The van der Waals surface area contributed by atoms with Crippen molar-refractivity contribution in [2.75, 3.05) is 20.3 Å². The summed E-state index contributed by atoms with van der Waals surface area (Å²) >= 11 is 0. The van der Waals surface area contributed by atoms with Gasteiger partial charge < -0.3 is 20.5 Å². The molecule has 0 heterocycles. The van der Waals surface area contributed by atoms with E-state index in [1.54, 1.807) is 0 Å². The molecule has 1 unspecified atom stereocenters. The third kappa shape index (κ3) is 5.36. The third-order valence-electron chi connectivity index (χ3n) is 1.47. The topological polar surface area (TPSA) is 87.7 Å². The second kappa shape index (κ2) is 7.14. The number of carbonyl (C=O) groups excluding carboxylic acids is 1. The minimum Gasteiger partial charge on any atom is -0.480 e. The average Bonchev–Trinajstić information content (AvgIpc) is 2.14. The molecule has 0 aromatic rings. The zero-order valence-electron chi connectivity index (χ0n) is 8.37. The normalized spacial score (nSPS) is 11.9. The summed E-state index contributed by atoms with van der Waals surface area (Å²) in [5.74, 6) is -1.11. The Labute approximate surface area is 82.6 Å². The van der Waals surface area contributed by atoms with Gasteiger partial charge in [0, 0.05) is 13.7 Å². The summed E-state index contributed by atoms with van der Waals surface area (Å²) in [6, 6.07) is -1.49. The molecule has 0 aliphatic carbocycles. The molecule has 0 bridgehead atoms. The number of nitrogens with one attached hydrogen (secondary N) is 2. The van der Waals surface area contributed by atoms with E-state index in [-0.39, 0.29) is 6.61 Å². The molecule has 6 nitrogen and oxygen atoms in total. The average molecular weight is 204 g/mol. The van der Waals surface area contributed by atoms with Gasteiger partial charge in [-0.25, -0.2) is 9.59 Å². The largest absolute Gasteiger partial charge is 0.480 e. The third-order valence-corrected chi connectivity index (χ3v) is 1.47. The predicted molar refractivity (Wildman–Crippen MR) is 50.1 cm³/mol. The number of carboxylic acid groups (broad SMARTS) is 1. The van der Waals surface area contributed by atoms with Crippen LogP contribution in [-0.4, -0.2) is 43.4 Å². The van der Waals surface area contributed by atoms with Crippen LogP contribution in [0.3, 0.4) is 0 Å². The van der Waals surface area contributed by atoms with Crippen molar-refractivity contribution in [1.82, 2.24) is 10.6 Å². The lowest BCUT2D eigenvalue weighted by molar-refractivity contribution is -0.140. The molecule has 0 aromatic carbocycles. The van der Waals surface area contributed by atoms with Crippen molar-refractivity contribution in [2.24, 2.45) is 0 Å². The van der Waals surface area contributed by atoms with Crippen molar-refractivity contribution in [1.29, 1.82) is 0 Å². The lowest BCUT2D eigenvalue weighted by atomic mass is 10.3. The van der Waals surface area contributed by atoms with Crippen molar-refractivity contribution in [3.63, 3.8) is 0 Å². The van der Waals surface area contributed by atoms with Gasteiger partial charge in [0.2, 0.25) is 0 Å². The number of hydrogen-bond donors (Lipinski definition) is 3. The Hall–Kier alpha value is -1.30. The van der Waals surface area contributed by atoms with Crippen molar-refractivity contribution in [3.8, 4) is 0 Å². The fourth-order valence-corrected chi connectivity index (χ4v) is 0.789. The molecule has 0 fully saturated rings. The molecule has 1 atom stereocenters. The molecule has 0 radical (unpaired) electrons. The van der Waals surface area contributed by atoms with Crippen LogP contribution in [0.1, 0.15) is 13.3 Å². The monoisotopic (exact) mass is 204 g/mol. The second-order valence-electron chi connectivity index (χ2n) is 2.75. The summed E-state index contributed by atoms with van der Waals surface area (Å²) in [6.45, 7) is 2.38. The van der Waals surface area contributed by atoms with Crippen LogP contribution in [0.25, 0.3) is 0 Å². The van der Waals surface area contributed by atoms with E-state index >= 15 is 0 Å². The molecule has 0 aromatic heterocycles. The fourth-order valence-electron chi connectivity index (χ4n) is 0.789. The molecule has 3 N–H and O–H groups in total. The summed E-state index contributed by atoms with van der Waals surface area (Å²) in [6.07, 6.45) is 0.801. The highest BCUT2D eigenvalue weighted by molar-refractivity contribution is 5.82. The van der Waals surface area contributed by atoms with Crippen molar-refractivity contribution in [2.45, 2.75) is 19.4 Å². The van der Waals surface area contributed by atoms with Gasteiger partial charge in [-0.3, -0.25) is 0 Å². The molecule has 6 heteroatoms. The van der Waals surface area contributed by atoms with Crippen LogP contribution in [-0.2, 0) is 9.53 Å². The highest BCUT2D eigenvalue weighted by Crippen LogP contribution is 1.85. The maximum atomic E-state index is 11.1. The number of rotatable bonds is 6. The molecular weight excluding hydrogens is 188 g/mol. The fraction of sp³-hybridized carbons (Fsp3) is 0.750. The lowest BCUT2D eigenvalue weighted by Crippen LogP contribution is -2.48. The SMILES string of the molecule is CCCNC(=O)NC(COC)C(=O)O. The molecule has 82 valence electrons. The van der Waals surface area contributed by atoms with Gasteiger partial charge >= 0.3 is 12.0 Å². The minimum absolute atomic E-state index is 0.0467. The second-order valence-corrected chi connectivity index (χ2v) is 2.75. The Morgan fingerprint density at radius 1 is 1.50 bits per heavy atom. The van der Waals surface area contributed by atoms with E-state index in [0.29, 0.717) is 6.54 Å². The molecular formula is C8H16N2O4. The molecule has 2 amide bonds. The smallest absolute Gasteiger partial charge is 0.328 e. The highest BCUT2D eigenvalue weighted by atomic mass is 16.5. The Balaban J connectivity index is 3.90. The zero-order chi connectivity index (χ0) is 11.0. The van der Waals surface area contributed by atoms with E-state index in [9.17, 15) is 9.59 Å². The first kappa shape index (κ1) is 12.7. The minimum atomic E-state index is -1.11. The van der Waals surface area contributed by atoms with Crippen molar-refractivity contribution >= 4 is 12.0 Å². The summed E-state index contributed by atoms with van der Waals surface area (Å²) in [7, 11) is 1.38. The van der Waals surface area contributed by atoms with Crippen molar-refractivity contribution in [3.05, 3.63) is 0 Å². The van der Waals surface area contributed by atoms with Gasteiger partial charge in [0.1, 0.15) is 0 Å². The number of urea groups is 1. The molecule has 0 saturated heterocycles. The van der Waals surface area contributed by atoms with E-state index in [0.717, 1.165) is 6.42 Å². The van der Waals surface area contributed by atoms with Crippen LogP contribution < -0.4 is 10.6 Å². The summed E-state index contributed by atoms with van der Waals surface area (Å²) in [5, 5.41) is 13.4. The van der Waals surface area contributed by atoms with Crippen LogP contribution in [0.2, 0.25) is 0 Å². The Kier molecular flexibility index (Phi) is 6.47. The number of amides is 2. The number of carboxylic acids is 1. The number of ether oxygens (including phenoxy) is 1. The van der Waals surface area contributed by atoms with E-state index in [1.165, 1.54) is 7.11 Å². The molecule has 0 spiro atoms.